The molecule has 4 nitrogen and oxygen atoms in total. The molecule has 2 aliphatic rings. The summed E-state index contributed by atoms with van der Waals surface area (Å²) in [5.74, 6) is 0.737. The summed E-state index contributed by atoms with van der Waals surface area (Å²) in [4.78, 5) is 12.0. The normalized spacial score (nSPS) is 32.1. The standard InChI is InChI=1S/C12H22N2O2/c1-12(7-16-8-12)6-14-11(15)10-4-2-3-9(10)5-13/h9-10H,2-8,13H2,1H3,(H,14,15). The van der Waals surface area contributed by atoms with Crippen LogP contribution in [0.15, 0.2) is 0 Å². The highest BCUT2D eigenvalue weighted by Gasteiger charge is 2.36. The largest absolute Gasteiger partial charge is 0.380 e. The Bertz CT molecular complexity index is 264. The minimum absolute atomic E-state index is 0.148. The first-order chi connectivity index (χ1) is 7.64. The molecule has 2 unspecified atom stereocenters. The Morgan fingerprint density at radius 2 is 2.25 bits per heavy atom. The quantitative estimate of drug-likeness (QED) is 0.734. The summed E-state index contributed by atoms with van der Waals surface area (Å²) in [7, 11) is 0. The molecule has 16 heavy (non-hydrogen) atoms. The summed E-state index contributed by atoms with van der Waals surface area (Å²) in [6.45, 7) is 5.04. The lowest BCUT2D eigenvalue weighted by atomic mass is 9.88. The third kappa shape index (κ3) is 2.38. The Kier molecular flexibility index (Phi) is 3.50. The molecule has 1 aliphatic carbocycles. The van der Waals surface area contributed by atoms with Crippen LogP contribution < -0.4 is 11.1 Å². The van der Waals surface area contributed by atoms with Crippen LogP contribution in [0.4, 0.5) is 0 Å². The summed E-state index contributed by atoms with van der Waals surface area (Å²) in [5.41, 5.74) is 5.84. The summed E-state index contributed by atoms with van der Waals surface area (Å²) in [5, 5.41) is 3.06. The summed E-state index contributed by atoms with van der Waals surface area (Å²) >= 11 is 0. The van der Waals surface area contributed by atoms with Gasteiger partial charge in [-0.05, 0) is 25.3 Å². The van der Waals surface area contributed by atoms with E-state index >= 15 is 0 Å². The molecule has 2 atom stereocenters. The molecule has 1 aliphatic heterocycles. The van der Waals surface area contributed by atoms with Gasteiger partial charge in [0, 0.05) is 17.9 Å². The number of carbonyl (C=O) groups excluding carboxylic acids is 1. The molecule has 2 fully saturated rings. The van der Waals surface area contributed by atoms with Crippen LogP contribution >= 0.6 is 0 Å². The fraction of sp³-hybridized carbons (Fsp3) is 0.917. The van der Waals surface area contributed by atoms with Crippen LogP contribution in [-0.2, 0) is 9.53 Å². The fourth-order valence-corrected chi connectivity index (χ4v) is 2.65. The molecule has 4 heteroatoms. The topological polar surface area (TPSA) is 64.4 Å². The maximum atomic E-state index is 12.0. The van der Waals surface area contributed by atoms with Crippen LogP contribution in [0.2, 0.25) is 0 Å². The molecule has 0 aromatic heterocycles. The molecule has 3 N–H and O–H groups in total. The van der Waals surface area contributed by atoms with Gasteiger partial charge in [-0.3, -0.25) is 4.79 Å². The monoisotopic (exact) mass is 226 g/mol. The lowest BCUT2D eigenvalue weighted by Crippen LogP contribution is -2.50. The van der Waals surface area contributed by atoms with Crippen LogP contribution in [0.3, 0.4) is 0 Å². The Labute approximate surface area is 96.9 Å². The van der Waals surface area contributed by atoms with Crippen molar-refractivity contribution in [2.24, 2.45) is 23.0 Å². The second kappa shape index (κ2) is 4.72. The lowest BCUT2D eigenvalue weighted by Gasteiger charge is -2.38. The molecule has 0 spiro atoms. The maximum absolute atomic E-state index is 12.0. The first kappa shape index (κ1) is 11.9. The van der Waals surface area contributed by atoms with Gasteiger partial charge in [0.25, 0.3) is 0 Å². The van der Waals surface area contributed by atoms with E-state index in [9.17, 15) is 4.79 Å². The third-order valence-electron chi connectivity index (χ3n) is 3.89. The molecule has 0 radical (unpaired) electrons. The van der Waals surface area contributed by atoms with Crippen LogP contribution in [0.25, 0.3) is 0 Å². The number of nitrogens with two attached hydrogens (primary N) is 1. The van der Waals surface area contributed by atoms with Gasteiger partial charge in [-0.15, -0.1) is 0 Å². The van der Waals surface area contributed by atoms with E-state index in [1.807, 2.05) is 0 Å². The van der Waals surface area contributed by atoms with Gasteiger partial charge in [0.05, 0.1) is 13.2 Å². The van der Waals surface area contributed by atoms with Gasteiger partial charge in [-0.2, -0.15) is 0 Å². The van der Waals surface area contributed by atoms with E-state index in [0.717, 1.165) is 39.0 Å². The lowest BCUT2D eigenvalue weighted by molar-refractivity contribution is -0.131. The van der Waals surface area contributed by atoms with Crippen molar-refractivity contribution < 1.29 is 9.53 Å². The van der Waals surface area contributed by atoms with Gasteiger partial charge in [0.2, 0.25) is 5.91 Å². The highest BCUT2D eigenvalue weighted by atomic mass is 16.5. The first-order valence-corrected chi connectivity index (χ1v) is 6.20. The van der Waals surface area contributed by atoms with Gasteiger partial charge in [-0.25, -0.2) is 0 Å². The van der Waals surface area contributed by atoms with Gasteiger partial charge < -0.3 is 15.8 Å². The van der Waals surface area contributed by atoms with Crippen molar-refractivity contribution in [2.45, 2.75) is 26.2 Å². The number of rotatable bonds is 4. The highest BCUT2D eigenvalue weighted by Crippen LogP contribution is 2.31. The van der Waals surface area contributed by atoms with Crippen molar-refractivity contribution in [3.05, 3.63) is 0 Å². The average Bonchev–Trinajstić information content (AvgIpc) is 2.71. The summed E-state index contributed by atoms with van der Waals surface area (Å²) in [6.07, 6.45) is 3.25. The van der Waals surface area contributed by atoms with Crippen molar-refractivity contribution in [1.82, 2.24) is 5.32 Å². The number of hydrogen-bond donors (Lipinski definition) is 2. The summed E-state index contributed by atoms with van der Waals surface area (Å²) < 4.78 is 5.17. The van der Waals surface area contributed by atoms with Crippen LogP contribution in [-0.4, -0.2) is 32.2 Å². The zero-order valence-electron chi connectivity index (χ0n) is 10.00. The molecule has 2 rings (SSSR count). The van der Waals surface area contributed by atoms with E-state index in [-0.39, 0.29) is 17.2 Å². The van der Waals surface area contributed by atoms with Gasteiger partial charge >= 0.3 is 0 Å². The van der Waals surface area contributed by atoms with Gasteiger partial charge in [-0.1, -0.05) is 13.3 Å². The molecular weight excluding hydrogens is 204 g/mol. The number of ether oxygens (including phenoxy) is 1. The fourth-order valence-electron chi connectivity index (χ4n) is 2.65. The Morgan fingerprint density at radius 3 is 2.81 bits per heavy atom. The number of nitrogens with one attached hydrogen (secondary N) is 1. The smallest absolute Gasteiger partial charge is 0.223 e. The van der Waals surface area contributed by atoms with Crippen molar-refractivity contribution >= 4 is 5.91 Å². The van der Waals surface area contributed by atoms with E-state index in [0.29, 0.717) is 12.5 Å². The predicted octanol–water partition coefficient (Wildman–Crippen LogP) is 0.514. The van der Waals surface area contributed by atoms with E-state index in [4.69, 9.17) is 10.5 Å². The SMILES string of the molecule is CC1(CNC(=O)C2CCCC2CN)COC1. The predicted molar refractivity (Wildman–Crippen MR) is 61.8 cm³/mol. The first-order valence-electron chi connectivity index (χ1n) is 6.20. The van der Waals surface area contributed by atoms with Crippen molar-refractivity contribution in [3.8, 4) is 0 Å². The molecule has 1 amide bonds. The van der Waals surface area contributed by atoms with Gasteiger partial charge in [0.1, 0.15) is 0 Å². The number of hydrogen-bond acceptors (Lipinski definition) is 3. The number of amides is 1. The minimum Gasteiger partial charge on any atom is -0.380 e. The van der Waals surface area contributed by atoms with Crippen LogP contribution in [0.1, 0.15) is 26.2 Å². The second-order valence-corrected chi connectivity index (χ2v) is 5.55. The highest BCUT2D eigenvalue weighted by molar-refractivity contribution is 5.79. The van der Waals surface area contributed by atoms with Crippen molar-refractivity contribution in [2.75, 3.05) is 26.3 Å². The zero-order valence-corrected chi connectivity index (χ0v) is 10.00. The third-order valence-corrected chi connectivity index (χ3v) is 3.89. The number of carbonyl (C=O) groups is 1. The van der Waals surface area contributed by atoms with Gasteiger partial charge in [0.15, 0.2) is 0 Å². The van der Waals surface area contributed by atoms with E-state index in [2.05, 4.69) is 12.2 Å². The Hall–Kier alpha value is -0.610. The van der Waals surface area contributed by atoms with E-state index in [1.165, 1.54) is 0 Å². The maximum Gasteiger partial charge on any atom is 0.223 e. The molecule has 1 heterocycles. The van der Waals surface area contributed by atoms with E-state index in [1.54, 1.807) is 0 Å². The second-order valence-electron chi connectivity index (χ2n) is 5.55. The zero-order chi connectivity index (χ0) is 11.6. The molecule has 92 valence electrons. The van der Waals surface area contributed by atoms with Crippen LogP contribution in [0.5, 0.6) is 0 Å². The molecular formula is C12H22N2O2. The molecule has 1 saturated heterocycles. The molecule has 0 aromatic rings. The van der Waals surface area contributed by atoms with Crippen LogP contribution in [0, 0.1) is 17.3 Å². The molecule has 0 bridgehead atoms. The van der Waals surface area contributed by atoms with E-state index < -0.39 is 0 Å². The van der Waals surface area contributed by atoms with Crippen molar-refractivity contribution in [1.29, 1.82) is 0 Å². The van der Waals surface area contributed by atoms with Crippen molar-refractivity contribution in [3.63, 3.8) is 0 Å². The summed E-state index contributed by atoms with van der Waals surface area (Å²) in [6, 6.07) is 0. The molecule has 0 aromatic carbocycles. The minimum atomic E-state index is 0.148. The Morgan fingerprint density at radius 1 is 1.50 bits per heavy atom. The molecule has 1 saturated carbocycles. The Balaban J connectivity index is 1.78. The average molecular weight is 226 g/mol.